The predicted octanol–water partition coefficient (Wildman–Crippen LogP) is 0.664. The smallest absolute Gasteiger partial charge is 0.326 e. The molecule has 0 bridgehead atoms. The number of sulfone groups is 1. The molecule has 33 heavy (non-hydrogen) atoms. The summed E-state index contributed by atoms with van der Waals surface area (Å²) in [6.07, 6.45) is 5.20. The van der Waals surface area contributed by atoms with Crippen molar-refractivity contribution in [2.45, 2.75) is 31.6 Å². The van der Waals surface area contributed by atoms with Crippen LogP contribution in [0, 0.1) is 0 Å². The van der Waals surface area contributed by atoms with E-state index in [1.807, 2.05) is 24.3 Å². The van der Waals surface area contributed by atoms with Crippen LogP contribution < -0.4 is 16.4 Å². The summed E-state index contributed by atoms with van der Waals surface area (Å²) in [5.41, 5.74) is 2.90. The Morgan fingerprint density at radius 1 is 1.27 bits per heavy atom. The van der Waals surface area contributed by atoms with Gasteiger partial charge in [-0.3, -0.25) is 9.98 Å². The fourth-order valence-corrected chi connectivity index (χ4v) is 4.41. The monoisotopic (exact) mass is 466 g/mol. The highest BCUT2D eigenvalue weighted by molar-refractivity contribution is 7.90. The normalized spacial score (nSPS) is 15.5. The molecule has 0 radical (unpaired) electrons. The SMILES string of the molecule is CCS(=O)(=O)Cc1cccc(-c2cc(=NC3CC3)n3nc/c(=C/c4[nH]c(=O)[nH]c4O)c3n2)c1. The predicted molar refractivity (Wildman–Crippen MR) is 122 cm³/mol. The molecule has 5 rings (SSSR count). The van der Waals surface area contributed by atoms with Gasteiger partial charge in [-0.15, -0.1) is 0 Å². The third kappa shape index (κ3) is 4.44. The first-order valence-electron chi connectivity index (χ1n) is 10.6. The highest BCUT2D eigenvalue weighted by atomic mass is 32.2. The van der Waals surface area contributed by atoms with Crippen LogP contribution >= 0.6 is 0 Å². The summed E-state index contributed by atoms with van der Waals surface area (Å²) in [4.78, 5) is 25.8. The highest BCUT2D eigenvalue weighted by Gasteiger charge is 2.20. The number of fused-ring (bicyclic) bond motifs is 1. The molecule has 11 heteroatoms. The van der Waals surface area contributed by atoms with E-state index in [-0.39, 0.29) is 29.1 Å². The van der Waals surface area contributed by atoms with Crippen LogP contribution in [0.5, 0.6) is 5.88 Å². The molecule has 0 spiro atoms. The van der Waals surface area contributed by atoms with Crippen LogP contribution in [0.25, 0.3) is 23.0 Å². The van der Waals surface area contributed by atoms with Crippen molar-refractivity contribution in [2.24, 2.45) is 4.99 Å². The average Bonchev–Trinajstić information content (AvgIpc) is 3.41. The van der Waals surface area contributed by atoms with Crippen LogP contribution in [0.15, 0.2) is 46.3 Å². The lowest BCUT2D eigenvalue weighted by Gasteiger charge is -2.06. The molecule has 1 aromatic carbocycles. The van der Waals surface area contributed by atoms with Crippen molar-refractivity contribution >= 4 is 21.6 Å². The van der Waals surface area contributed by atoms with Gasteiger partial charge < -0.3 is 10.1 Å². The Morgan fingerprint density at radius 2 is 2.09 bits per heavy atom. The van der Waals surface area contributed by atoms with Crippen molar-refractivity contribution in [1.29, 1.82) is 0 Å². The van der Waals surface area contributed by atoms with Gasteiger partial charge in [0.05, 0.1) is 23.7 Å². The Balaban J connectivity index is 1.69. The summed E-state index contributed by atoms with van der Waals surface area (Å²) < 4.78 is 25.8. The minimum atomic E-state index is -3.17. The van der Waals surface area contributed by atoms with E-state index >= 15 is 0 Å². The van der Waals surface area contributed by atoms with Crippen molar-refractivity contribution in [2.75, 3.05) is 5.75 Å². The number of nitrogens with zero attached hydrogens (tertiary/aromatic N) is 4. The van der Waals surface area contributed by atoms with Gasteiger partial charge in [0.1, 0.15) is 5.69 Å². The lowest BCUT2D eigenvalue weighted by molar-refractivity contribution is 0.454. The van der Waals surface area contributed by atoms with Gasteiger partial charge in [0.15, 0.2) is 21.0 Å². The Labute approximate surface area is 188 Å². The summed E-state index contributed by atoms with van der Waals surface area (Å²) in [7, 11) is -3.17. The third-order valence-corrected chi connectivity index (χ3v) is 7.08. The van der Waals surface area contributed by atoms with Crippen molar-refractivity contribution in [3.8, 4) is 17.1 Å². The minimum absolute atomic E-state index is 0.0370. The van der Waals surface area contributed by atoms with E-state index in [2.05, 4.69) is 15.1 Å². The maximum atomic E-state index is 12.1. The second-order valence-electron chi connectivity index (χ2n) is 8.06. The highest BCUT2D eigenvalue weighted by Crippen LogP contribution is 2.23. The van der Waals surface area contributed by atoms with Crippen LogP contribution in [0.2, 0.25) is 0 Å². The van der Waals surface area contributed by atoms with Gasteiger partial charge in [0, 0.05) is 22.6 Å². The van der Waals surface area contributed by atoms with E-state index in [0.717, 1.165) is 18.4 Å². The Hall–Kier alpha value is -3.73. The first-order valence-corrected chi connectivity index (χ1v) is 12.4. The number of aromatic amines is 2. The number of benzene rings is 1. The molecule has 1 aliphatic rings. The molecule has 4 aromatic rings. The fraction of sp³-hybridized carbons (Fsp3) is 0.273. The molecule has 170 valence electrons. The molecule has 1 saturated carbocycles. The van der Waals surface area contributed by atoms with E-state index in [1.54, 1.807) is 29.8 Å². The maximum absolute atomic E-state index is 12.1. The minimum Gasteiger partial charge on any atom is -0.493 e. The van der Waals surface area contributed by atoms with Crippen LogP contribution in [0.3, 0.4) is 0 Å². The molecule has 1 fully saturated rings. The second kappa shape index (κ2) is 8.00. The summed E-state index contributed by atoms with van der Waals surface area (Å²) in [5.74, 6) is -0.233. The van der Waals surface area contributed by atoms with E-state index in [0.29, 0.717) is 27.6 Å². The van der Waals surface area contributed by atoms with Gasteiger partial charge in [-0.2, -0.15) is 9.61 Å². The summed E-state index contributed by atoms with van der Waals surface area (Å²) in [5, 5.41) is 14.9. The standard InChI is InChI=1S/C22H22N6O4S/c1-2-33(31,32)12-13-4-3-5-14(8-13)17-10-19(24-16-6-7-16)28-20(25-17)15(11-23-28)9-18-21(29)27-22(30)26-18/h3-5,8-11,16,29H,2,6-7,12H2,1H3,(H2,26,27,30)/b15-9-,24-19?. The average molecular weight is 467 g/mol. The van der Waals surface area contributed by atoms with Crippen LogP contribution in [-0.2, 0) is 15.6 Å². The molecule has 10 nitrogen and oxygen atoms in total. The van der Waals surface area contributed by atoms with Crippen molar-refractivity contribution in [1.82, 2.24) is 24.6 Å². The zero-order valence-electron chi connectivity index (χ0n) is 17.8. The number of rotatable bonds is 6. The van der Waals surface area contributed by atoms with Gasteiger partial charge in [-0.25, -0.2) is 18.2 Å². The van der Waals surface area contributed by atoms with E-state index in [9.17, 15) is 18.3 Å². The van der Waals surface area contributed by atoms with Crippen LogP contribution in [0.1, 0.15) is 31.0 Å². The zero-order valence-corrected chi connectivity index (χ0v) is 18.6. The van der Waals surface area contributed by atoms with Crippen molar-refractivity contribution in [3.63, 3.8) is 0 Å². The van der Waals surface area contributed by atoms with Gasteiger partial charge in [-0.1, -0.05) is 25.1 Å². The largest absolute Gasteiger partial charge is 0.493 e. The molecule has 3 heterocycles. The molecular weight excluding hydrogens is 444 g/mol. The molecule has 0 amide bonds. The van der Waals surface area contributed by atoms with Crippen LogP contribution in [0.4, 0.5) is 0 Å². The van der Waals surface area contributed by atoms with E-state index in [4.69, 9.17) is 9.98 Å². The second-order valence-corrected chi connectivity index (χ2v) is 10.4. The first-order chi connectivity index (χ1) is 15.8. The first kappa shape index (κ1) is 21.1. The maximum Gasteiger partial charge on any atom is 0.326 e. The lowest BCUT2D eigenvalue weighted by atomic mass is 10.1. The number of aromatic nitrogens is 5. The van der Waals surface area contributed by atoms with Gasteiger partial charge in [-0.05, 0) is 30.5 Å². The molecule has 0 unspecified atom stereocenters. The topological polar surface area (TPSA) is 146 Å². The van der Waals surface area contributed by atoms with Gasteiger partial charge in [0.2, 0.25) is 5.88 Å². The number of imidazole rings is 1. The summed E-state index contributed by atoms with van der Waals surface area (Å²) in [6, 6.07) is 9.37. The Bertz CT molecular complexity index is 1640. The quantitative estimate of drug-likeness (QED) is 0.381. The Kier molecular flexibility index (Phi) is 5.12. The van der Waals surface area contributed by atoms with E-state index in [1.165, 1.54) is 0 Å². The fourth-order valence-electron chi connectivity index (χ4n) is 3.52. The molecular formula is C22H22N6O4S. The summed E-state index contributed by atoms with van der Waals surface area (Å²) in [6.45, 7) is 1.63. The Morgan fingerprint density at radius 3 is 2.79 bits per heavy atom. The van der Waals surface area contributed by atoms with E-state index < -0.39 is 15.5 Å². The van der Waals surface area contributed by atoms with Gasteiger partial charge in [0.25, 0.3) is 0 Å². The van der Waals surface area contributed by atoms with Crippen molar-refractivity contribution < 1.29 is 13.5 Å². The number of hydrogen-bond acceptors (Lipinski definition) is 7. The lowest BCUT2D eigenvalue weighted by Crippen LogP contribution is -2.19. The van der Waals surface area contributed by atoms with Gasteiger partial charge >= 0.3 is 5.69 Å². The number of H-pyrrole nitrogens is 2. The zero-order chi connectivity index (χ0) is 23.2. The molecule has 0 saturated heterocycles. The molecule has 3 N–H and O–H groups in total. The molecule has 1 aliphatic carbocycles. The molecule has 3 aromatic heterocycles. The van der Waals surface area contributed by atoms with Crippen LogP contribution in [-0.4, -0.2) is 49.9 Å². The molecule has 0 aliphatic heterocycles. The number of aromatic hydroxyl groups is 1. The number of hydrogen-bond donors (Lipinski definition) is 3. The molecule has 0 atom stereocenters. The van der Waals surface area contributed by atoms with Crippen molar-refractivity contribution in [3.05, 3.63) is 69.0 Å². The number of nitrogens with one attached hydrogen (secondary N) is 2. The third-order valence-electron chi connectivity index (χ3n) is 5.43. The summed E-state index contributed by atoms with van der Waals surface area (Å²) >= 11 is 0.